The van der Waals surface area contributed by atoms with E-state index in [-0.39, 0.29) is 23.6 Å². The molecule has 0 bridgehead atoms. The SMILES string of the molecule is COC(CN(CCCN1CCC2(CC2)C(O[Si](C)(C)C(C)(C)C)C1)C(=O)C(C)Nc1ccc(C(F)(F)F)cc1)OC. The van der Waals surface area contributed by atoms with Crippen LogP contribution in [0.25, 0.3) is 0 Å². The Balaban J connectivity index is 1.60. The average Bonchev–Trinajstić information content (AvgIpc) is 3.67. The molecule has 1 aromatic carbocycles. The van der Waals surface area contributed by atoms with Gasteiger partial charge in [-0.05, 0) is 93.5 Å². The van der Waals surface area contributed by atoms with E-state index < -0.39 is 32.4 Å². The van der Waals surface area contributed by atoms with Gasteiger partial charge in [-0.3, -0.25) is 4.79 Å². The summed E-state index contributed by atoms with van der Waals surface area (Å²) >= 11 is 0. The number of carbonyl (C=O) groups excluding carboxylic acids is 1. The Morgan fingerprint density at radius 2 is 1.73 bits per heavy atom. The fourth-order valence-corrected chi connectivity index (χ4v) is 6.62. The van der Waals surface area contributed by atoms with Gasteiger partial charge < -0.3 is 29.0 Å². The lowest BCUT2D eigenvalue weighted by Crippen LogP contribution is -2.53. The van der Waals surface area contributed by atoms with E-state index in [1.165, 1.54) is 39.2 Å². The van der Waals surface area contributed by atoms with Crippen molar-refractivity contribution in [1.29, 1.82) is 0 Å². The number of halogens is 3. The summed E-state index contributed by atoms with van der Waals surface area (Å²) in [5.41, 5.74) is 0.0651. The zero-order valence-electron chi connectivity index (χ0n) is 26.1. The van der Waals surface area contributed by atoms with Crippen LogP contribution in [0.15, 0.2) is 24.3 Å². The van der Waals surface area contributed by atoms with Crippen molar-refractivity contribution >= 4 is 19.9 Å². The van der Waals surface area contributed by atoms with Crippen molar-refractivity contribution in [2.24, 2.45) is 5.41 Å². The molecule has 0 aromatic heterocycles. The van der Waals surface area contributed by atoms with Crippen LogP contribution >= 0.6 is 0 Å². The number of hydrogen-bond donors (Lipinski definition) is 1. The number of nitrogens with zero attached hydrogens (tertiary/aromatic N) is 2. The molecule has 1 saturated heterocycles. The third-order valence-electron chi connectivity index (χ3n) is 9.24. The Morgan fingerprint density at radius 3 is 2.24 bits per heavy atom. The van der Waals surface area contributed by atoms with E-state index in [1.807, 2.05) is 0 Å². The first-order valence-electron chi connectivity index (χ1n) is 14.7. The van der Waals surface area contributed by atoms with Crippen LogP contribution in [0.5, 0.6) is 0 Å². The Bertz CT molecular complexity index is 992. The number of alkyl halides is 3. The smallest absolute Gasteiger partial charge is 0.412 e. The molecule has 0 radical (unpaired) electrons. The van der Waals surface area contributed by atoms with Gasteiger partial charge in [-0.2, -0.15) is 13.2 Å². The topological polar surface area (TPSA) is 63.3 Å². The molecule has 1 aliphatic heterocycles. The number of benzene rings is 1. The van der Waals surface area contributed by atoms with E-state index in [0.29, 0.717) is 17.6 Å². The second-order valence-electron chi connectivity index (χ2n) is 13.3. The minimum atomic E-state index is -4.41. The van der Waals surface area contributed by atoms with Crippen molar-refractivity contribution in [3.63, 3.8) is 0 Å². The van der Waals surface area contributed by atoms with Gasteiger partial charge in [-0.15, -0.1) is 0 Å². The highest BCUT2D eigenvalue weighted by molar-refractivity contribution is 6.74. The molecule has 1 amide bonds. The number of hydrogen-bond acceptors (Lipinski definition) is 6. The lowest BCUT2D eigenvalue weighted by molar-refractivity contribution is -0.146. The molecule has 2 fully saturated rings. The lowest BCUT2D eigenvalue weighted by atomic mass is 9.90. The summed E-state index contributed by atoms with van der Waals surface area (Å²) in [5.74, 6) is -0.168. The number of piperidine rings is 1. The lowest BCUT2D eigenvalue weighted by Gasteiger charge is -2.46. The molecular formula is C30H50F3N3O4Si. The van der Waals surface area contributed by atoms with E-state index in [0.717, 1.165) is 44.6 Å². The fourth-order valence-electron chi connectivity index (χ4n) is 5.23. The third kappa shape index (κ3) is 8.92. The van der Waals surface area contributed by atoms with Crippen molar-refractivity contribution in [2.75, 3.05) is 52.3 Å². The Morgan fingerprint density at radius 1 is 1.12 bits per heavy atom. The van der Waals surface area contributed by atoms with Crippen LogP contribution < -0.4 is 5.32 Å². The van der Waals surface area contributed by atoms with Gasteiger partial charge in [0.1, 0.15) is 6.04 Å². The predicted octanol–water partition coefficient (Wildman–Crippen LogP) is 6.22. The molecule has 7 nitrogen and oxygen atoms in total. The van der Waals surface area contributed by atoms with Crippen LogP contribution in [-0.4, -0.2) is 89.4 Å². The normalized spacial score (nSPS) is 20.3. The second kappa shape index (κ2) is 13.3. The number of anilines is 1. The van der Waals surface area contributed by atoms with Crippen molar-refractivity contribution in [3.8, 4) is 0 Å². The minimum Gasteiger partial charge on any atom is -0.412 e. The number of likely N-dealkylation sites (tertiary alicyclic amines) is 1. The van der Waals surface area contributed by atoms with Gasteiger partial charge in [0, 0.05) is 33.0 Å². The summed E-state index contributed by atoms with van der Waals surface area (Å²) < 4.78 is 56.5. The average molecular weight is 602 g/mol. The molecule has 1 spiro atoms. The number of methoxy groups -OCH3 is 2. The monoisotopic (exact) mass is 601 g/mol. The second-order valence-corrected chi connectivity index (χ2v) is 18.0. The highest BCUT2D eigenvalue weighted by Crippen LogP contribution is 2.56. The molecule has 2 unspecified atom stereocenters. The Kier molecular flexibility index (Phi) is 11.0. The Hall–Kier alpha value is -1.66. The number of nitrogens with one attached hydrogen (secondary N) is 1. The van der Waals surface area contributed by atoms with Gasteiger partial charge in [0.25, 0.3) is 0 Å². The van der Waals surface area contributed by atoms with Gasteiger partial charge in [0.2, 0.25) is 5.91 Å². The highest BCUT2D eigenvalue weighted by Gasteiger charge is 2.54. The zero-order valence-corrected chi connectivity index (χ0v) is 27.1. The maximum atomic E-state index is 13.5. The van der Waals surface area contributed by atoms with Crippen LogP contribution in [0.3, 0.4) is 0 Å². The molecule has 3 rings (SSSR count). The number of amides is 1. The van der Waals surface area contributed by atoms with Gasteiger partial charge in [0.15, 0.2) is 14.6 Å². The molecule has 234 valence electrons. The minimum absolute atomic E-state index is 0.163. The summed E-state index contributed by atoms with van der Waals surface area (Å²) in [6.07, 6.45) is -0.296. The molecule has 1 aliphatic carbocycles. The first-order chi connectivity index (χ1) is 19.0. The maximum Gasteiger partial charge on any atom is 0.416 e. The summed E-state index contributed by atoms with van der Waals surface area (Å²) in [5, 5.41) is 3.21. The summed E-state index contributed by atoms with van der Waals surface area (Å²) in [7, 11) is 1.18. The summed E-state index contributed by atoms with van der Waals surface area (Å²) in [4.78, 5) is 17.7. The van der Waals surface area contributed by atoms with E-state index in [1.54, 1.807) is 11.8 Å². The molecule has 2 atom stereocenters. The van der Waals surface area contributed by atoms with Crippen LogP contribution in [0.4, 0.5) is 18.9 Å². The van der Waals surface area contributed by atoms with Crippen molar-refractivity contribution in [3.05, 3.63) is 29.8 Å². The van der Waals surface area contributed by atoms with Crippen LogP contribution in [0.1, 0.15) is 58.9 Å². The zero-order chi connectivity index (χ0) is 30.6. The van der Waals surface area contributed by atoms with Gasteiger partial charge in [0.05, 0.1) is 18.2 Å². The standard InChI is InChI=1S/C30H50F3N3O4Si/c1-22(34-24-12-10-23(11-13-24)30(31,32)33)27(37)36(21-26(38-5)39-6)18-9-17-35-19-16-29(14-15-29)25(20-35)40-41(7,8)28(2,3)4/h10-13,22,25-26,34H,9,14-21H2,1-8H3. The van der Waals surface area contributed by atoms with E-state index in [4.69, 9.17) is 13.9 Å². The van der Waals surface area contributed by atoms with Gasteiger partial charge >= 0.3 is 6.18 Å². The van der Waals surface area contributed by atoms with E-state index in [9.17, 15) is 18.0 Å². The third-order valence-corrected chi connectivity index (χ3v) is 13.7. The number of rotatable bonds is 13. The highest BCUT2D eigenvalue weighted by atomic mass is 28.4. The molecule has 1 heterocycles. The first-order valence-corrected chi connectivity index (χ1v) is 17.6. The van der Waals surface area contributed by atoms with Gasteiger partial charge in [-0.1, -0.05) is 20.8 Å². The van der Waals surface area contributed by atoms with Crippen molar-refractivity contribution in [1.82, 2.24) is 9.80 Å². The molecule has 41 heavy (non-hydrogen) atoms. The van der Waals surface area contributed by atoms with Crippen LogP contribution in [-0.2, 0) is 24.9 Å². The molecule has 1 N–H and O–H groups in total. The van der Waals surface area contributed by atoms with Crippen molar-refractivity contribution in [2.45, 2.75) is 96.1 Å². The maximum absolute atomic E-state index is 13.5. The Labute approximate surface area is 245 Å². The van der Waals surface area contributed by atoms with Crippen LogP contribution in [0, 0.1) is 5.41 Å². The first kappa shape index (κ1) is 33.8. The van der Waals surface area contributed by atoms with Crippen LogP contribution in [0.2, 0.25) is 18.1 Å². The molecule has 2 aliphatic rings. The summed E-state index contributed by atoms with van der Waals surface area (Å²) in [6, 6.07) is 4.06. The molecular weight excluding hydrogens is 551 g/mol. The van der Waals surface area contributed by atoms with E-state index >= 15 is 0 Å². The molecule has 1 saturated carbocycles. The fraction of sp³-hybridized carbons (Fsp3) is 0.767. The quantitative estimate of drug-likeness (QED) is 0.214. The molecule has 1 aromatic rings. The largest absolute Gasteiger partial charge is 0.416 e. The predicted molar refractivity (Wildman–Crippen MR) is 158 cm³/mol. The number of ether oxygens (including phenoxy) is 2. The summed E-state index contributed by atoms with van der Waals surface area (Å²) in [6.45, 7) is 16.8. The molecule has 11 heteroatoms. The van der Waals surface area contributed by atoms with Gasteiger partial charge in [-0.25, -0.2) is 0 Å². The number of carbonyl (C=O) groups is 1. The van der Waals surface area contributed by atoms with E-state index in [2.05, 4.69) is 44.1 Å². The van der Waals surface area contributed by atoms with Crippen molar-refractivity contribution < 1.29 is 31.9 Å².